The maximum Gasteiger partial charge on any atom is 0.246 e. The molecule has 0 radical (unpaired) electrons. The molecule has 102 valence electrons. The number of hydrogen-bond donors (Lipinski definition) is 0. The lowest BCUT2D eigenvalue weighted by molar-refractivity contribution is -0.126. The molecule has 0 aromatic heterocycles. The first-order valence-electron chi connectivity index (χ1n) is 6.51. The Hall–Kier alpha value is -1.48. The molecule has 0 atom stereocenters. The van der Waals surface area contributed by atoms with Gasteiger partial charge in [0.1, 0.15) is 0 Å². The van der Waals surface area contributed by atoms with Crippen molar-refractivity contribution in [2.45, 2.75) is 13.8 Å². The third kappa shape index (κ3) is 3.51. The molecule has 1 aliphatic heterocycles. The van der Waals surface area contributed by atoms with Crippen LogP contribution in [0.1, 0.15) is 13.8 Å². The van der Waals surface area contributed by atoms with E-state index in [9.17, 15) is 4.79 Å². The summed E-state index contributed by atoms with van der Waals surface area (Å²) < 4.78 is 0. The number of carbonyl (C=O) groups is 1. The first kappa shape index (κ1) is 13.9. The lowest BCUT2D eigenvalue weighted by Crippen LogP contribution is -2.48. The minimum atomic E-state index is 0.110. The molecule has 0 unspecified atom stereocenters. The first-order chi connectivity index (χ1) is 9.08. The maximum atomic E-state index is 11.9. The Morgan fingerprint density at radius 3 is 2.37 bits per heavy atom. The van der Waals surface area contributed by atoms with E-state index in [4.69, 9.17) is 11.6 Å². The summed E-state index contributed by atoms with van der Waals surface area (Å²) in [6.45, 7) is 7.02. The summed E-state index contributed by atoms with van der Waals surface area (Å²) in [5.74, 6) is 0.110. The van der Waals surface area contributed by atoms with Crippen LogP contribution >= 0.6 is 11.6 Å². The predicted octanol–water partition coefficient (Wildman–Crippen LogP) is 2.95. The van der Waals surface area contributed by atoms with Crippen LogP contribution in [-0.2, 0) is 4.79 Å². The summed E-state index contributed by atoms with van der Waals surface area (Å²) in [5, 5.41) is 0.770. The maximum absolute atomic E-state index is 11.9. The van der Waals surface area contributed by atoms with E-state index in [-0.39, 0.29) is 5.91 Å². The molecule has 4 heteroatoms. The Morgan fingerprint density at radius 1 is 1.16 bits per heavy atom. The van der Waals surface area contributed by atoms with Crippen LogP contribution in [-0.4, -0.2) is 37.0 Å². The van der Waals surface area contributed by atoms with Gasteiger partial charge in [-0.15, -0.1) is 0 Å². The van der Waals surface area contributed by atoms with E-state index in [1.54, 1.807) is 6.08 Å². The van der Waals surface area contributed by atoms with Crippen molar-refractivity contribution in [3.63, 3.8) is 0 Å². The second-order valence-corrected chi connectivity index (χ2v) is 5.39. The molecule has 1 aromatic rings. The van der Waals surface area contributed by atoms with Crippen LogP contribution < -0.4 is 4.90 Å². The van der Waals surface area contributed by atoms with Gasteiger partial charge in [0.15, 0.2) is 0 Å². The van der Waals surface area contributed by atoms with Crippen molar-refractivity contribution in [3.8, 4) is 0 Å². The summed E-state index contributed by atoms with van der Waals surface area (Å²) in [5.41, 5.74) is 2.09. The normalized spacial score (nSPS) is 15.3. The second-order valence-electron chi connectivity index (χ2n) is 4.99. The Kier molecular flexibility index (Phi) is 4.48. The number of allylic oxidation sites excluding steroid dienone is 1. The van der Waals surface area contributed by atoms with Gasteiger partial charge in [0.25, 0.3) is 0 Å². The highest BCUT2D eigenvalue weighted by Crippen LogP contribution is 2.26. The molecule has 19 heavy (non-hydrogen) atoms. The summed E-state index contributed by atoms with van der Waals surface area (Å²) in [7, 11) is 0. The number of hydrogen-bond acceptors (Lipinski definition) is 2. The zero-order valence-corrected chi connectivity index (χ0v) is 12.2. The molecule has 1 aromatic carbocycles. The zero-order valence-electron chi connectivity index (χ0n) is 11.4. The smallest absolute Gasteiger partial charge is 0.246 e. The van der Waals surface area contributed by atoms with E-state index < -0.39 is 0 Å². The van der Waals surface area contributed by atoms with Crippen LogP contribution in [0.15, 0.2) is 35.9 Å². The first-order valence-corrected chi connectivity index (χ1v) is 6.89. The van der Waals surface area contributed by atoms with E-state index in [2.05, 4.69) is 4.90 Å². The van der Waals surface area contributed by atoms with Gasteiger partial charge in [-0.05, 0) is 26.0 Å². The van der Waals surface area contributed by atoms with E-state index in [1.165, 1.54) is 0 Å². The van der Waals surface area contributed by atoms with Crippen LogP contribution in [0.3, 0.4) is 0 Å². The average Bonchev–Trinajstić information content (AvgIpc) is 2.39. The van der Waals surface area contributed by atoms with Gasteiger partial charge in [-0.3, -0.25) is 4.79 Å². The molecular formula is C15H19ClN2O. The summed E-state index contributed by atoms with van der Waals surface area (Å²) >= 11 is 6.19. The van der Waals surface area contributed by atoms with Crippen LogP contribution in [0.2, 0.25) is 5.02 Å². The summed E-state index contributed by atoms with van der Waals surface area (Å²) in [6.07, 6.45) is 1.70. The van der Waals surface area contributed by atoms with Gasteiger partial charge in [0, 0.05) is 32.3 Å². The van der Waals surface area contributed by atoms with Crippen molar-refractivity contribution in [3.05, 3.63) is 40.9 Å². The molecule has 1 saturated heterocycles. The van der Waals surface area contributed by atoms with E-state index in [0.29, 0.717) is 0 Å². The minimum absolute atomic E-state index is 0.110. The monoisotopic (exact) mass is 278 g/mol. The minimum Gasteiger partial charge on any atom is -0.367 e. The van der Waals surface area contributed by atoms with Crippen molar-refractivity contribution < 1.29 is 4.79 Å². The Balaban J connectivity index is 1.98. The summed E-state index contributed by atoms with van der Waals surface area (Å²) in [4.78, 5) is 16.0. The lowest BCUT2D eigenvalue weighted by atomic mass is 10.2. The van der Waals surface area contributed by atoms with E-state index in [0.717, 1.165) is 42.5 Å². The Bertz CT molecular complexity index is 487. The SMILES string of the molecule is CC(C)=CC(=O)N1CCN(c2ccccc2Cl)CC1. The van der Waals surface area contributed by atoms with Crippen LogP contribution in [0, 0.1) is 0 Å². The fraction of sp³-hybridized carbons (Fsp3) is 0.400. The third-order valence-corrected chi connectivity index (χ3v) is 3.52. The van der Waals surface area contributed by atoms with Crippen molar-refractivity contribution in [1.82, 2.24) is 4.90 Å². The molecule has 0 spiro atoms. The topological polar surface area (TPSA) is 23.6 Å². The van der Waals surface area contributed by atoms with Crippen molar-refractivity contribution in [2.24, 2.45) is 0 Å². The van der Waals surface area contributed by atoms with Gasteiger partial charge in [-0.2, -0.15) is 0 Å². The number of piperazine rings is 1. The van der Waals surface area contributed by atoms with Gasteiger partial charge in [0.05, 0.1) is 10.7 Å². The van der Waals surface area contributed by atoms with Crippen LogP contribution in [0.25, 0.3) is 0 Å². The molecule has 3 nitrogen and oxygen atoms in total. The quantitative estimate of drug-likeness (QED) is 0.777. The van der Waals surface area contributed by atoms with Gasteiger partial charge in [-0.25, -0.2) is 0 Å². The van der Waals surface area contributed by atoms with Crippen LogP contribution in [0.5, 0.6) is 0 Å². The van der Waals surface area contributed by atoms with Crippen molar-refractivity contribution >= 4 is 23.2 Å². The molecule has 1 amide bonds. The number of halogens is 1. The second kappa shape index (κ2) is 6.11. The molecule has 0 bridgehead atoms. The Morgan fingerprint density at radius 2 is 1.79 bits per heavy atom. The molecule has 0 N–H and O–H groups in total. The third-order valence-electron chi connectivity index (χ3n) is 3.20. The van der Waals surface area contributed by atoms with Crippen molar-refractivity contribution in [1.29, 1.82) is 0 Å². The number of nitrogens with zero attached hydrogens (tertiary/aromatic N) is 2. The lowest BCUT2D eigenvalue weighted by Gasteiger charge is -2.36. The fourth-order valence-electron chi connectivity index (χ4n) is 2.21. The van der Waals surface area contributed by atoms with Gasteiger partial charge < -0.3 is 9.80 Å². The number of benzene rings is 1. The molecule has 0 saturated carbocycles. The number of anilines is 1. The van der Waals surface area contributed by atoms with Gasteiger partial charge >= 0.3 is 0 Å². The highest BCUT2D eigenvalue weighted by molar-refractivity contribution is 6.33. The number of para-hydroxylation sites is 1. The van der Waals surface area contributed by atoms with Crippen LogP contribution in [0.4, 0.5) is 5.69 Å². The van der Waals surface area contributed by atoms with Gasteiger partial charge in [-0.1, -0.05) is 29.3 Å². The van der Waals surface area contributed by atoms with Gasteiger partial charge in [0.2, 0.25) is 5.91 Å². The number of carbonyl (C=O) groups excluding carboxylic acids is 1. The molecule has 1 heterocycles. The predicted molar refractivity (Wildman–Crippen MR) is 79.7 cm³/mol. The van der Waals surface area contributed by atoms with E-state index in [1.807, 2.05) is 43.0 Å². The average molecular weight is 279 g/mol. The fourth-order valence-corrected chi connectivity index (χ4v) is 2.47. The molecule has 0 aliphatic carbocycles. The highest BCUT2D eigenvalue weighted by Gasteiger charge is 2.20. The molecule has 2 rings (SSSR count). The standard InChI is InChI=1S/C15H19ClN2O/c1-12(2)11-15(19)18-9-7-17(8-10-18)14-6-4-3-5-13(14)16/h3-6,11H,7-10H2,1-2H3. The zero-order chi connectivity index (χ0) is 13.8. The molecule has 1 fully saturated rings. The number of rotatable bonds is 2. The van der Waals surface area contributed by atoms with Crippen molar-refractivity contribution in [2.75, 3.05) is 31.1 Å². The largest absolute Gasteiger partial charge is 0.367 e. The number of amides is 1. The molecular weight excluding hydrogens is 260 g/mol. The Labute approximate surface area is 119 Å². The highest BCUT2D eigenvalue weighted by atomic mass is 35.5. The summed E-state index contributed by atoms with van der Waals surface area (Å²) in [6, 6.07) is 7.84. The van der Waals surface area contributed by atoms with E-state index >= 15 is 0 Å². The molecule has 1 aliphatic rings.